The molecule has 1 aliphatic heterocycles. The Labute approximate surface area is 101 Å². The summed E-state index contributed by atoms with van der Waals surface area (Å²) in [6.45, 7) is 6.85. The Kier molecular flexibility index (Phi) is 3.32. The quantitative estimate of drug-likeness (QED) is 0.781. The van der Waals surface area contributed by atoms with Crippen LogP contribution in [0.2, 0.25) is 0 Å². The molecule has 4 nitrogen and oxygen atoms in total. The SMILES string of the molecule is C=CC(C)NC(=O)c1cccc2c1OCCN2. The van der Waals surface area contributed by atoms with Crippen LogP contribution in [0.15, 0.2) is 30.9 Å². The van der Waals surface area contributed by atoms with Crippen molar-refractivity contribution in [2.45, 2.75) is 13.0 Å². The highest BCUT2D eigenvalue weighted by Crippen LogP contribution is 2.31. The summed E-state index contributed by atoms with van der Waals surface area (Å²) in [5, 5.41) is 6.03. The van der Waals surface area contributed by atoms with E-state index in [4.69, 9.17) is 4.74 Å². The van der Waals surface area contributed by atoms with Crippen LogP contribution in [0.25, 0.3) is 0 Å². The minimum absolute atomic E-state index is 0.0603. The van der Waals surface area contributed by atoms with Gasteiger partial charge in [0.2, 0.25) is 0 Å². The van der Waals surface area contributed by atoms with Gasteiger partial charge in [0, 0.05) is 12.6 Å². The molecular formula is C13H16N2O2. The molecule has 0 fully saturated rings. The van der Waals surface area contributed by atoms with Crippen LogP contribution in [-0.4, -0.2) is 25.1 Å². The molecule has 2 N–H and O–H groups in total. The number of carbonyl (C=O) groups is 1. The zero-order valence-electron chi connectivity index (χ0n) is 9.82. The normalized spacial score (nSPS) is 14.9. The van der Waals surface area contributed by atoms with Crippen molar-refractivity contribution in [3.05, 3.63) is 36.4 Å². The van der Waals surface area contributed by atoms with E-state index in [1.807, 2.05) is 19.1 Å². The lowest BCUT2D eigenvalue weighted by molar-refractivity contribution is 0.0943. The highest BCUT2D eigenvalue weighted by molar-refractivity contribution is 5.99. The molecule has 1 aliphatic rings. The molecule has 0 radical (unpaired) electrons. The molecule has 0 spiro atoms. The van der Waals surface area contributed by atoms with E-state index >= 15 is 0 Å². The van der Waals surface area contributed by atoms with Gasteiger partial charge < -0.3 is 15.4 Å². The molecule has 0 aliphatic carbocycles. The number of rotatable bonds is 3. The van der Waals surface area contributed by atoms with E-state index < -0.39 is 0 Å². The Hall–Kier alpha value is -1.97. The molecule has 1 amide bonds. The summed E-state index contributed by atoms with van der Waals surface area (Å²) in [4.78, 5) is 12.0. The van der Waals surface area contributed by atoms with Crippen LogP contribution in [0.4, 0.5) is 5.69 Å². The Morgan fingerprint density at radius 2 is 2.47 bits per heavy atom. The molecule has 0 saturated heterocycles. The number of hydrogen-bond donors (Lipinski definition) is 2. The number of amides is 1. The maximum Gasteiger partial charge on any atom is 0.255 e. The lowest BCUT2D eigenvalue weighted by Crippen LogP contribution is -2.32. The monoisotopic (exact) mass is 232 g/mol. The van der Waals surface area contributed by atoms with Crippen molar-refractivity contribution < 1.29 is 9.53 Å². The lowest BCUT2D eigenvalue weighted by atomic mass is 10.1. The third kappa shape index (κ3) is 2.41. The molecular weight excluding hydrogens is 216 g/mol. The van der Waals surface area contributed by atoms with E-state index in [0.717, 1.165) is 12.2 Å². The average Bonchev–Trinajstić information content (AvgIpc) is 2.37. The van der Waals surface area contributed by atoms with Gasteiger partial charge in [-0.3, -0.25) is 4.79 Å². The predicted molar refractivity (Wildman–Crippen MR) is 67.6 cm³/mol. The molecule has 1 aromatic rings. The first-order valence-corrected chi connectivity index (χ1v) is 5.65. The molecule has 90 valence electrons. The molecule has 0 bridgehead atoms. The van der Waals surface area contributed by atoms with E-state index in [-0.39, 0.29) is 11.9 Å². The summed E-state index contributed by atoms with van der Waals surface area (Å²) in [5.74, 6) is 0.491. The standard InChI is InChI=1S/C13H16N2O2/c1-3-9(2)15-13(16)10-5-4-6-11-12(10)17-8-7-14-11/h3-6,9,14H,1,7-8H2,2H3,(H,15,16). The molecule has 0 aromatic heterocycles. The summed E-state index contributed by atoms with van der Waals surface area (Å²) in [5.41, 5.74) is 1.43. The second-order valence-electron chi connectivity index (χ2n) is 3.96. The van der Waals surface area contributed by atoms with Gasteiger partial charge in [-0.05, 0) is 19.1 Å². The minimum atomic E-state index is -0.141. The first kappa shape index (κ1) is 11.5. The second-order valence-corrected chi connectivity index (χ2v) is 3.96. The smallest absolute Gasteiger partial charge is 0.255 e. The molecule has 2 rings (SSSR count). The van der Waals surface area contributed by atoms with Crippen LogP contribution in [0.5, 0.6) is 5.75 Å². The fraction of sp³-hybridized carbons (Fsp3) is 0.308. The number of anilines is 1. The van der Waals surface area contributed by atoms with Crippen LogP contribution in [0, 0.1) is 0 Å². The van der Waals surface area contributed by atoms with Gasteiger partial charge in [-0.1, -0.05) is 12.1 Å². The largest absolute Gasteiger partial charge is 0.489 e. The van der Waals surface area contributed by atoms with Crippen LogP contribution < -0.4 is 15.4 Å². The van der Waals surface area contributed by atoms with Crippen molar-refractivity contribution in [1.29, 1.82) is 0 Å². The van der Waals surface area contributed by atoms with Crippen LogP contribution in [0.3, 0.4) is 0 Å². The summed E-state index contributed by atoms with van der Waals surface area (Å²) in [6.07, 6.45) is 1.69. The summed E-state index contributed by atoms with van der Waals surface area (Å²) >= 11 is 0. The average molecular weight is 232 g/mol. The number of ether oxygens (including phenoxy) is 1. The van der Waals surface area contributed by atoms with E-state index in [9.17, 15) is 4.79 Å². The Morgan fingerprint density at radius 3 is 3.24 bits per heavy atom. The predicted octanol–water partition coefficient (Wildman–Crippen LogP) is 1.80. The zero-order chi connectivity index (χ0) is 12.3. The number of benzene rings is 1. The Balaban J connectivity index is 2.26. The molecule has 1 unspecified atom stereocenters. The Bertz CT molecular complexity index is 443. The number of fused-ring (bicyclic) bond motifs is 1. The van der Waals surface area contributed by atoms with Crippen molar-refractivity contribution in [2.75, 3.05) is 18.5 Å². The van der Waals surface area contributed by atoms with Gasteiger partial charge in [0.05, 0.1) is 11.3 Å². The van der Waals surface area contributed by atoms with Gasteiger partial charge in [0.25, 0.3) is 5.91 Å². The van der Waals surface area contributed by atoms with Crippen LogP contribution >= 0.6 is 0 Å². The topological polar surface area (TPSA) is 50.4 Å². The third-order valence-electron chi connectivity index (χ3n) is 2.64. The maximum absolute atomic E-state index is 12.0. The Morgan fingerprint density at radius 1 is 1.65 bits per heavy atom. The molecule has 4 heteroatoms. The number of carbonyl (C=O) groups excluding carboxylic acids is 1. The van der Waals surface area contributed by atoms with Gasteiger partial charge in [0.15, 0.2) is 5.75 Å². The van der Waals surface area contributed by atoms with Gasteiger partial charge in [-0.25, -0.2) is 0 Å². The van der Waals surface area contributed by atoms with Gasteiger partial charge in [0.1, 0.15) is 6.61 Å². The number of hydrogen-bond acceptors (Lipinski definition) is 3. The summed E-state index contributed by atoms with van der Waals surface area (Å²) < 4.78 is 5.54. The number of nitrogens with one attached hydrogen (secondary N) is 2. The van der Waals surface area contributed by atoms with Crippen molar-refractivity contribution in [3.63, 3.8) is 0 Å². The zero-order valence-corrected chi connectivity index (χ0v) is 9.82. The van der Waals surface area contributed by atoms with E-state index in [1.54, 1.807) is 12.1 Å². The van der Waals surface area contributed by atoms with Gasteiger partial charge in [-0.2, -0.15) is 0 Å². The third-order valence-corrected chi connectivity index (χ3v) is 2.64. The fourth-order valence-electron chi connectivity index (χ4n) is 1.69. The second kappa shape index (κ2) is 4.91. The van der Waals surface area contributed by atoms with Gasteiger partial charge >= 0.3 is 0 Å². The van der Waals surface area contributed by atoms with E-state index in [1.165, 1.54) is 0 Å². The summed E-state index contributed by atoms with van der Waals surface area (Å²) in [7, 11) is 0. The summed E-state index contributed by atoms with van der Waals surface area (Å²) in [6, 6.07) is 5.45. The molecule has 1 atom stereocenters. The van der Waals surface area contributed by atoms with E-state index in [0.29, 0.717) is 17.9 Å². The van der Waals surface area contributed by atoms with Crippen molar-refractivity contribution in [2.24, 2.45) is 0 Å². The van der Waals surface area contributed by atoms with E-state index in [2.05, 4.69) is 17.2 Å². The molecule has 1 heterocycles. The van der Waals surface area contributed by atoms with Crippen LogP contribution in [0.1, 0.15) is 17.3 Å². The highest BCUT2D eigenvalue weighted by Gasteiger charge is 2.19. The van der Waals surface area contributed by atoms with Gasteiger partial charge in [-0.15, -0.1) is 6.58 Å². The van der Waals surface area contributed by atoms with Crippen LogP contribution in [-0.2, 0) is 0 Å². The highest BCUT2D eigenvalue weighted by atomic mass is 16.5. The molecule has 0 saturated carbocycles. The maximum atomic E-state index is 12.0. The van der Waals surface area contributed by atoms with Crippen molar-refractivity contribution in [3.8, 4) is 5.75 Å². The molecule has 17 heavy (non-hydrogen) atoms. The minimum Gasteiger partial charge on any atom is -0.489 e. The fourth-order valence-corrected chi connectivity index (χ4v) is 1.69. The van der Waals surface area contributed by atoms with Crippen molar-refractivity contribution >= 4 is 11.6 Å². The van der Waals surface area contributed by atoms with Crippen molar-refractivity contribution in [1.82, 2.24) is 5.32 Å². The molecule has 1 aromatic carbocycles. The lowest BCUT2D eigenvalue weighted by Gasteiger charge is -2.21. The number of para-hydroxylation sites is 1. The first-order chi connectivity index (χ1) is 8.22. The first-order valence-electron chi connectivity index (χ1n) is 5.65.